The van der Waals surface area contributed by atoms with Crippen molar-refractivity contribution in [2.75, 3.05) is 39.5 Å². The highest BCUT2D eigenvalue weighted by Crippen LogP contribution is 2.11. The quantitative estimate of drug-likeness (QED) is 0.214. The first-order chi connectivity index (χ1) is 14.6. The van der Waals surface area contributed by atoms with E-state index in [2.05, 4.69) is 9.98 Å². The molecule has 0 bridgehead atoms. The van der Waals surface area contributed by atoms with Gasteiger partial charge in [-0.25, -0.2) is 0 Å². The SMILES string of the molecule is O=[N+]([O-])c1ccc(C=NCCOCCOCCN=Cc2ccc([N+](=O)[O-])cc2)cc1. The van der Waals surface area contributed by atoms with Crippen LogP contribution in [0.2, 0.25) is 0 Å². The van der Waals surface area contributed by atoms with E-state index in [4.69, 9.17) is 9.47 Å². The van der Waals surface area contributed by atoms with Crippen molar-refractivity contribution < 1.29 is 19.3 Å². The molecular formula is C20H22N4O6. The monoisotopic (exact) mass is 414 g/mol. The Kier molecular flexibility index (Phi) is 9.77. The van der Waals surface area contributed by atoms with E-state index in [-0.39, 0.29) is 11.4 Å². The summed E-state index contributed by atoms with van der Waals surface area (Å²) in [6.45, 7) is 2.75. The van der Waals surface area contributed by atoms with Crippen LogP contribution in [0.4, 0.5) is 11.4 Å². The van der Waals surface area contributed by atoms with Crippen LogP contribution in [0.1, 0.15) is 11.1 Å². The Morgan fingerprint density at radius 1 is 0.667 bits per heavy atom. The average Bonchev–Trinajstić information content (AvgIpc) is 2.75. The maximum absolute atomic E-state index is 10.6. The summed E-state index contributed by atoms with van der Waals surface area (Å²) in [7, 11) is 0. The molecule has 0 saturated heterocycles. The number of nitrogens with zero attached hydrogens (tertiary/aromatic N) is 4. The van der Waals surface area contributed by atoms with Crippen molar-refractivity contribution in [3.63, 3.8) is 0 Å². The highest BCUT2D eigenvalue weighted by molar-refractivity contribution is 5.80. The molecule has 2 rings (SSSR count). The molecule has 0 fully saturated rings. The molecule has 0 heterocycles. The molecule has 0 aromatic heterocycles. The molecule has 0 N–H and O–H groups in total. The Morgan fingerprint density at radius 3 is 1.37 bits per heavy atom. The van der Waals surface area contributed by atoms with Crippen LogP contribution in [0.25, 0.3) is 0 Å². The Labute approximate surface area is 173 Å². The van der Waals surface area contributed by atoms with Gasteiger partial charge in [0.15, 0.2) is 0 Å². The molecule has 0 aliphatic rings. The van der Waals surface area contributed by atoms with Gasteiger partial charge in [0.05, 0.1) is 49.4 Å². The van der Waals surface area contributed by atoms with Crippen molar-refractivity contribution in [2.24, 2.45) is 9.98 Å². The van der Waals surface area contributed by atoms with Gasteiger partial charge < -0.3 is 9.47 Å². The average molecular weight is 414 g/mol. The number of nitro benzene ring substituents is 2. The molecule has 0 unspecified atom stereocenters. The lowest BCUT2D eigenvalue weighted by Crippen LogP contribution is -2.08. The molecule has 10 heteroatoms. The summed E-state index contributed by atoms with van der Waals surface area (Å²) >= 11 is 0. The smallest absolute Gasteiger partial charge is 0.269 e. The summed E-state index contributed by atoms with van der Waals surface area (Å²) in [5.41, 5.74) is 1.68. The maximum atomic E-state index is 10.6. The van der Waals surface area contributed by atoms with Crippen LogP contribution in [0.5, 0.6) is 0 Å². The van der Waals surface area contributed by atoms with Crippen molar-refractivity contribution in [3.05, 3.63) is 79.9 Å². The van der Waals surface area contributed by atoms with Gasteiger partial charge in [-0.3, -0.25) is 30.2 Å². The predicted molar refractivity (Wildman–Crippen MR) is 113 cm³/mol. The van der Waals surface area contributed by atoms with Crippen LogP contribution >= 0.6 is 0 Å². The van der Waals surface area contributed by atoms with Gasteiger partial charge in [0.1, 0.15) is 0 Å². The fraction of sp³-hybridized carbons (Fsp3) is 0.300. The highest BCUT2D eigenvalue weighted by atomic mass is 16.6. The summed E-state index contributed by atoms with van der Waals surface area (Å²) in [4.78, 5) is 28.7. The second-order valence-electron chi connectivity index (χ2n) is 5.99. The number of benzene rings is 2. The number of ether oxygens (including phenoxy) is 2. The molecule has 0 spiro atoms. The number of rotatable bonds is 13. The van der Waals surface area contributed by atoms with Crippen molar-refractivity contribution in [1.29, 1.82) is 0 Å². The summed E-state index contributed by atoms with van der Waals surface area (Å²) in [6.07, 6.45) is 3.29. The van der Waals surface area contributed by atoms with Crippen molar-refractivity contribution in [1.82, 2.24) is 0 Å². The summed E-state index contributed by atoms with van der Waals surface area (Å²) in [6, 6.07) is 12.3. The Balaban J connectivity index is 1.48. The Morgan fingerprint density at radius 2 is 1.03 bits per heavy atom. The largest absolute Gasteiger partial charge is 0.377 e. The van der Waals surface area contributed by atoms with E-state index in [1.165, 1.54) is 24.3 Å². The van der Waals surface area contributed by atoms with E-state index >= 15 is 0 Å². The number of nitro groups is 2. The van der Waals surface area contributed by atoms with Crippen molar-refractivity contribution in [2.45, 2.75) is 0 Å². The van der Waals surface area contributed by atoms with Gasteiger partial charge in [0, 0.05) is 36.7 Å². The summed E-state index contributed by atoms with van der Waals surface area (Å²) < 4.78 is 10.8. The first-order valence-electron chi connectivity index (χ1n) is 9.20. The minimum Gasteiger partial charge on any atom is -0.377 e. The van der Waals surface area contributed by atoms with Gasteiger partial charge in [-0.05, 0) is 35.4 Å². The molecular weight excluding hydrogens is 392 g/mol. The third kappa shape index (κ3) is 8.67. The zero-order valence-corrected chi connectivity index (χ0v) is 16.3. The first-order valence-corrected chi connectivity index (χ1v) is 9.20. The van der Waals surface area contributed by atoms with Crippen molar-refractivity contribution in [3.8, 4) is 0 Å². The summed E-state index contributed by atoms with van der Waals surface area (Å²) in [5, 5.41) is 21.2. The molecule has 30 heavy (non-hydrogen) atoms. The molecule has 2 aromatic rings. The highest BCUT2D eigenvalue weighted by Gasteiger charge is 2.03. The molecule has 0 saturated carbocycles. The van der Waals surface area contributed by atoms with Crippen LogP contribution in [0, 0.1) is 20.2 Å². The third-order valence-corrected chi connectivity index (χ3v) is 3.79. The molecule has 2 aromatic carbocycles. The van der Waals surface area contributed by atoms with E-state index in [0.29, 0.717) is 39.5 Å². The number of hydrogen-bond donors (Lipinski definition) is 0. The fourth-order valence-corrected chi connectivity index (χ4v) is 2.26. The van der Waals surface area contributed by atoms with E-state index < -0.39 is 9.85 Å². The van der Waals surface area contributed by atoms with Gasteiger partial charge in [-0.15, -0.1) is 0 Å². The fourth-order valence-electron chi connectivity index (χ4n) is 2.26. The summed E-state index contributed by atoms with van der Waals surface area (Å²) in [5.74, 6) is 0. The lowest BCUT2D eigenvalue weighted by atomic mass is 10.2. The minimum atomic E-state index is -0.442. The predicted octanol–water partition coefficient (Wildman–Crippen LogP) is 3.07. The van der Waals surface area contributed by atoms with E-state index in [9.17, 15) is 20.2 Å². The molecule has 0 radical (unpaired) electrons. The second-order valence-corrected chi connectivity index (χ2v) is 5.99. The molecule has 0 aliphatic carbocycles. The molecule has 158 valence electrons. The Bertz CT molecular complexity index is 792. The lowest BCUT2D eigenvalue weighted by Gasteiger charge is -2.03. The standard InChI is InChI=1S/C20H22N4O6/c25-23(26)19-5-1-17(2-6-19)15-21-9-11-29-13-14-30-12-10-22-16-18-3-7-20(8-4-18)24(27)28/h1-8,15-16H,9-14H2. The van der Waals surface area contributed by atoms with Gasteiger partial charge >= 0.3 is 0 Å². The maximum Gasteiger partial charge on any atom is 0.269 e. The van der Waals surface area contributed by atoms with Gasteiger partial charge in [0.2, 0.25) is 0 Å². The van der Waals surface area contributed by atoms with Gasteiger partial charge in [-0.1, -0.05) is 0 Å². The lowest BCUT2D eigenvalue weighted by molar-refractivity contribution is -0.385. The zero-order valence-electron chi connectivity index (χ0n) is 16.3. The third-order valence-electron chi connectivity index (χ3n) is 3.79. The second kappa shape index (κ2) is 12.9. The van der Waals surface area contributed by atoms with E-state index in [0.717, 1.165) is 11.1 Å². The van der Waals surface area contributed by atoms with Crippen LogP contribution < -0.4 is 0 Å². The minimum absolute atomic E-state index is 0.0486. The molecule has 0 aliphatic heterocycles. The van der Waals surface area contributed by atoms with E-state index in [1.54, 1.807) is 36.7 Å². The number of non-ortho nitro benzene ring substituents is 2. The van der Waals surface area contributed by atoms with E-state index in [1.807, 2.05) is 0 Å². The molecule has 10 nitrogen and oxygen atoms in total. The number of hydrogen-bond acceptors (Lipinski definition) is 8. The zero-order chi connectivity index (χ0) is 21.6. The number of aliphatic imine (C=N–C) groups is 2. The molecule has 0 amide bonds. The van der Waals surface area contributed by atoms with Crippen LogP contribution in [0.15, 0.2) is 58.5 Å². The Hall–Kier alpha value is -3.50. The first kappa shape index (κ1) is 22.8. The van der Waals surface area contributed by atoms with Crippen LogP contribution in [0.3, 0.4) is 0 Å². The van der Waals surface area contributed by atoms with Crippen molar-refractivity contribution >= 4 is 23.8 Å². The van der Waals surface area contributed by atoms with Crippen LogP contribution in [-0.2, 0) is 9.47 Å². The topological polar surface area (TPSA) is 129 Å². The molecule has 0 atom stereocenters. The van der Waals surface area contributed by atoms with Gasteiger partial charge in [0.25, 0.3) is 11.4 Å². The van der Waals surface area contributed by atoms with Crippen LogP contribution in [-0.4, -0.2) is 61.8 Å². The van der Waals surface area contributed by atoms with Gasteiger partial charge in [-0.2, -0.15) is 0 Å². The normalized spacial score (nSPS) is 11.3.